The fourth-order valence-electron chi connectivity index (χ4n) is 3.73. The molecule has 0 aliphatic heterocycles. The predicted molar refractivity (Wildman–Crippen MR) is 108 cm³/mol. The molecule has 146 valence electrons. The van der Waals surface area contributed by atoms with Gasteiger partial charge in [0.15, 0.2) is 5.58 Å². The van der Waals surface area contributed by atoms with Crippen molar-refractivity contribution in [1.29, 1.82) is 0 Å². The van der Waals surface area contributed by atoms with E-state index in [0.717, 1.165) is 29.7 Å². The van der Waals surface area contributed by atoms with Crippen molar-refractivity contribution < 1.29 is 14.0 Å². The standard InChI is InChI=1S/C20H21N3O4S/c1-11-6-7-12-15(10-11)28-19(17(12)18(21)25)22-16(24)8-9-23-13-4-2-3-5-14(13)27-20(23)26/h2-5,11H,6-10H2,1H3,(H2,21,25)(H,22,24). The van der Waals surface area contributed by atoms with Crippen molar-refractivity contribution in [3.8, 4) is 0 Å². The fourth-order valence-corrected chi connectivity index (χ4v) is 5.16. The molecule has 1 aliphatic rings. The average molecular weight is 399 g/mol. The maximum Gasteiger partial charge on any atom is 0.419 e. The van der Waals surface area contributed by atoms with Crippen LogP contribution in [-0.4, -0.2) is 16.4 Å². The summed E-state index contributed by atoms with van der Waals surface area (Å²) in [5.41, 5.74) is 8.14. The Morgan fingerprint density at radius 2 is 2.14 bits per heavy atom. The van der Waals surface area contributed by atoms with E-state index in [1.54, 1.807) is 18.2 Å². The zero-order valence-corrected chi connectivity index (χ0v) is 16.3. The smallest absolute Gasteiger partial charge is 0.408 e. The third-order valence-corrected chi connectivity index (χ3v) is 6.32. The summed E-state index contributed by atoms with van der Waals surface area (Å²) in [6.45, 7) is 2.37. The van der Waals surface area contributed by atoms with Crippen LogP contribution in [0.5, 0.6) is 0 Å². The van der Waals surface area contributed by atoms with Crippen molar-refractivity contribution in [3.05, 3.63) is 50.8 Å². The highest BCUT2D eigenvalue weighted by Gasteiger charge is 2.27. The Kier molecular flexibility index (Phi) is 4.80. The summed E-state index contributed by atoms with van der Waals surface area (Å²) in [5.74, 6) is -0.727. The van der Waals surface area contributed by atoms with Gasteiger partial charge in [-0.25, -0.2) is 4.79 Å². The quantitative estimate of drug-likeness (QED) is 0.688. The summed E-state index contributed by atoms with van der Waals surface area (Å²) in [4.78, 5) is 37.6. The van der Waals surface area contributed by atoms with Gasteiger partial charge in [-0.2, -0.15) is 0 Å². The summed E-state index contributed by atoms with van der Waals surface area (Å²) in [7, 11) is 0. The van der Waals surface area contributed by atoms with E-state index >= 15 is 0 Å². The molecule has 1 aromatic carbocycles. The van der Waals surface area contributed by atoms with E-state index in [4.69, 9.17) is 10.2 Å². The van der Waals surface area contributed by atoms with Crippen LogP contribution in [0.3, 0.4) is 0 Å². The molecule has 7 nitrogen and oxygen atoms in total. The zero-order valence-electron chi connectivity index (χ0n) is 15.5. The van der Waals surface area contributed by atoms with Crippen LogP contribution in [0.1, 0.15) is 40.6 Å². The number of amides is 2. The highest BCUT2D eigenvalue weighted by Crippen LogP contribution is 2.39. The monoisotopic (exact) mass is 399 g/mol. The number of rotatable bonds is 5. The molecule has 0 fully saturated rings. The van der Waals surface area contributed by atoms with E-state index in [1.165, 1.54) is 15.9 Å². The number of carbonyl (C=O) groups is 2. The second kappa shape index (κ2) is 7.27. The van der Waals surface area contributed by atoms with E-state index in [-0.39, 0.29) is 18.9 Å². The Hall–Kier alpha value is -2.87. The normalized spacial score (nSPS) is 16.1. The van der Waals surface area contributed by atoms with Crippen molar-refractivity contribution >= 4 is 39.3 Å². The topological polar surface area (TPSA) is 107 Å². The highest BCUT2D eigenvalue weighted by molar-refractivity contribution is 7.17. The number of aromatic nitrogens is 1. The van der Waals surface area contributed by atoms with Gasteiger partial charge in [0.05, 0.1) is 11.1 Å². The number of anilines is 1. The minimum Gasteiger partial charge on any atom is -0.408 e. The molecule has 3 aromatic rings. The van der Waals surface area contributed by atoms with Gasteiger partial charge in [0.2, 0.25) is 5.91 Å². The first kappa shape index (κ1) is 18.5. The number of hydrogen-bond donors (Lipinski definition) is 2. The molecule has 1 atom stereocenters. The number of aryl methyl sites for hydroxylation is 1. The number of nitrogens with zero attached hydrogens (tertiary/aromatic N) is 1. The van der Waals surface area contributed by atoms with Crippen molar-refractivity contribution in [3.63, 3.8) is 0 Å². The second-order valence-corrected chi connectivity index (χ2v) is 8.31. The summed E-state index contributed by atoms with van der Waals surface area (Å²) in [6.07, 6.45) is 2.79. The van der Waals surface area contributed by atoms with Gasteiger partial charge in [-0.15, -0.1) is 11.3 Å². The number of oxazole rings is 1. The Bertz CT molecular complexity index is 1120. The molecule has 8 heteroatoms. The molecule has 1 aliphatic carbocycles. The summed E-state index contributed by atoms with van der Waals surface area (Å²) < 4.78 is 6.62. The lowest BCUT2D eigenvalue weighted by Gasteiger charge is -2.18. The van der Waals surface area contributed by atoms with Crippen molar-refractivity contribution in [1.82, 2.24) is 4.57 Å². The van der Waals surface area contributed by atoms with Crippen LogP contribution in [-0.2, 0) is 24.2 Å². The Morgan fingerprint density at radius 3 is 2.93 bits per heavy atom. The van der Waals surface area contributed by atoms with Crippen LogP contribution in [0.25, 0.3) is 11.1 Å². The lowest BCUT2D eigenvalue weighted by molar-refractivity contribution is -0.116. The van der Waals surface area contributed by atoms with Gasteiger partial charge in [-0.05, 0) is 42.9 Å². The van der Waals surface area contributed by atoms with Crippen LogP contribution in [0, 0.1) is 5.92 Å². The molecule has 28 heavy (non-hydrogen) atoms. The van der Waals surface area contributed by atoms with E-state index in [1.807, 2.05) is 6.07 Å². The molecule has 2 aromatic heterocycles. The third kappa shape index (κ3) is 3.35. The van der Waals surface area contributed by atoms with Crippen molar-refractivity contribution in [2.75, 3.05) is 5.32 Å². The van der Waals surface area contributed by atoms with Crippen LogP contribution in [0.2, 0.25) is 0 Å². The molecule has 0 saturated carbocycles. The molecule has 2 heterocycles. The molecule has 3 N–H and O–H groups in total. The van der Waals surface area contributed by atoms with Gasteiger partial charge in [-0.3, -0.25) is 14.2 Å². The molecule has 4 rings (SSSR count). The molecule has 2 amide bonds. The molecule has 1 unspecified atom stereocenters. The largest absolute Gasteiger partial charge is 0.419 e. The number of para-hydroxylation sites is 2. The molecular formula is C20H21N3O4S. The number of benzene rings is 1. The number of hydrogen-bond acceptors (Lipinski definition) is 5. The van der Waals surface area contributed by atoms with E-state index < -0.39 is 11.7 Å². The molecule has 0 radical (unpaired) electrons. The first-order chi connectivity index (χ1) is 13.4. The van der Waals surface area contributed by atoms with E-state index in [2.05, 4.69) is 12.2 Å². The predicted octanol–water partition coefficient (Wildman–Crippen LogP) is 2.91. The van der Waals surface area contributed by atoms with E-state index in [9.17, 15) is 14.4 Å². The molecule has 0 bridgehead atoms. The van der Waals surface area contributed by atoms with Gasteiger partial charge < -0.3 is 15.5 Å². The SMILES string of the molecule is CC1CCc2c(sc(NC(=O)CCn3c(=O)oc4ccccc43)c2C(N)=O)C1. The maximum absolute atomic E-state index is 12.5. The van der Waals surface area contributed by atoms with Gasteiger partial charge in [-0.1, -0.05) is 19.1 Å². The number of fused-ring (bicyclic) bond motifs is 2. The summed E-state index contributed by atoms with van der Waals surface area (Å²) in [5, 5.41) is 3.34. The maximum atomic E-state index is 12.5. The number of carbonyl (C=O) groups excluding carboxylic acids is 2. The average Bonchev–Trinajstić information content (AvgIpc) is 3.15. The Balaban J connectivity index is 1.52. The van der Waals surface area contributed by atoms with Crippen LogP contribution < -0.4 is 16.8 Å². The van der Waals surface area contributed by atoms with Crippen molar-refractivity contribution in [2.45, 2.75) is 39.2 Å². The highest BCUT2D eigenvalue weighted by atomic mass is 32.1. The second-order valence-electron chi connectivity index (χ2n) is 7.21. The van der Waals surface area contributed by atoms with Gasteiger partial charge in [0, 0.05) is 17.8 Å². The van der Waals surface area contributed by atoms with Crippen LogP contribution in [0.15, 0.2) is 33.5 Å². The van der Waals surface area contributed by atoms with Crippen LogP contribution >= 0.6 is 11.3 Å². The van der Waals surface area contributed by atoms with Gasteiger partial charge in [0.25, 0.3) is 5.91 Å². The van der Waals surface area contributed by atoms with Crippen molar-refractivity contribution in [2.24, 2.45) is 11.7 Å². The minimum atomic E-state index is -0.514. The lowest BCUT2D eigenvalue weighted by atomic mass is 9.88. The molecule has 0 spiro atoms. The number of thiophene rings is 1. The Labute approximate surface area is 165 Å². The summed E-state index contributed by atoms with van der Waals surface area (Å²) >= 11 is 1.43. The first-order valence-corrected chi connectivity index (χ1v) is 10.1. The van der Waals surface area contributed by atoms with Crippen LogP contribution in [0.4, 0.5) is 5.00 Å². The number of primary amides is 1. The summed E-state index contributed by atoms with van der Waals surface area (Å²) in [6, 6.07) is 7.08. The minimum absolute atomic E-state index is 0.0839. The third-order valence-electron chi connectivity index (χ3n) is 5.15. The molecular weight excluding hydrogens is 378 g/mol. The first-order valence-electron chi connectivity index (χ1n) is 9.26. The van der Waals surface area contributed by atoms with Gasteiger partial charge >= 0.3 is 5.76 Å². The zero-order chi connectivity index (χ0) is 19.8. The molecule has 0 saturated heterocycles. The number of nitrogens with two attached hydrogens (primary N) is 1. The number of nitrogens with one attached hydrogen (secondary N) is 1. The van der Waals surface area contributed by atoms with Gasteiger partial charge in [0.1, 0.15) is 5.00 Å². The lowest BCUT2D eigenvalue weighted by Crippen LogP contribution is -2.21. The fraction of sp³-hybridized carbons (Fsp3) is 0.350. The Morgan fingerprint density at radius 1 is 1.36 bits per heavy atom. The van der Waals surface area contributed by atoms with E-state index in [0.29, 0.717) is 27.6 Å².